The van der Waals surface area contributed by atoms with Crippen LogP contribution in [-0.4, -0.2) is 5.97 Å². The number of carbonyl (C=O) groups excluding carboxylic acids is 1. The Morgan fingerprint density at radius 2 is 1.89 bits per heavy atom. The summed E-state index contributed by atoms with van der Waals surface area (Å²) in [5.41, 5.74) is 3.32. The lowest BCUT2D eigenvalue weighted by Gasteiger charge is -2.25. The number of benzene rings is 2. The first-order valence-electron chi connectivity index (χ1n) is 6.20. The molecular formula is C16H13ClO2. The van der Waals surface area contributed by atoms with Crippen LogP contribution in [0.15, 0.2) is 42.5 Å². The van der Waals surface area contributed by atoms with Gasteiger partial charge in [0.25, 0.3) is 0 Å². The Bertz CT molecular complexity index is 632. The Balaban J connectivity index is 2.09. The van der Waals surface area contributed by atoms with Crippen molar-refractivity contribution >= 4 is 17.6 Å². The zero-order valence-electron chi connectivity index (χ0n) is 10.5. The summed E-state index contributed by atoms with van der Waals surface area (Å²) in [6, 6.07) is 13.6. The van der Waals surface area contributed by atoms with Gasteiger partial charge < -0.3 is 4.74 Å². The van der Waals surface area contributed by atoms with Crippen LogP contribution >= 0.6 is 11.6 Å². The van der Waals surface area contributed by atoms with Gasteiger partial charge in [-0.25, -0.2) is 0 Å². The maximum absolute atomic E-state index is 11.7. The highest BCUT2D eigenvalue weighted by molar-refractivity contribution is 6.30. The molecule has 2 aromatic carbocycles. The molecule has 3 heteroatoms. The van der Waals surface area contributed by atoms with E-state index in [1.165, 1.54) is 0 Å². The number of hydrogen-bond acceptors (Lipinski definition) is 2. The number of fused-ring (bicyclic) bond motifs is 1. The minimum absolute atomic E-state index is 0.0495. The maximum Gasteiger partial charge on any atom is 0.312 e. The molecule has 1 aliphatic heterocycles. The van der Waals surface area contributed by atoms with E-state index >= 15 is 0 Å². The van der Waals surface area contributed by atoms with Crippen LogP contribution in [0.4, 0.5) is 0 Å². The first kappa shape index (κ1) is 12.2. The van der Waals surface area contributed by atoms with Crippen molar-refractivity contribution in [3.63, 3.8) is 0 Å². The summed E-state index contributed by atoms with van der Waals surface area (Å²) < 4.78 is 5.30. The van der Waals surface area contributed by atoms with Crippen molar-refractivity contribution in [3.8, 4) is 5.75 Å². The fourth-order valence-electron chi connectivity index (χ4n) is 2.47. The van der Waals surface area contributed by atoms with Crippen molar-refractivity contribution in [1.82, 2.24) is 0 Å². The van der Waals surface area contributed by atoms with E-state index in [0.717, 1.165) is 16.7 Å². The molecule has 1 heterocycles. The molecule has 0 aromatic heterocycles. The number of ether oxygens (including phenoxy) is 1. The van der Waals surface area contributed by atoms with Crippen LogP contribution in [0.3, 0.4) is 0 Å². The molecule has 0 fully saturated rings. The van der Waals surface area contributed by atoms with Gasteiger partial charge in [0.05, 0.1) is 6.42 Å². The van der Waals surface area contributed by atoms with E-state index in [-0.39, 0.29) is 11.9 Å². The van der Waals surface area contributed by atoms with E-state index in [2.05, 4.69) is 6.07 Å². The molecule has 0 N–H and O–H groups in total. The topological polar surface area (TPSA) is 26.3 Å². The summed E-state index contributed by atoms with van der Waals surface area (Å²) in [5.74, 6) is 0.534. The van der Waals surface area contributed by atoms with Crippen LogP contribution < -0.4 is 4.74 Å². The van der Waals surface area contributed by atoms with Gasteiger partial charge >= 0.3 is 5.97 Å². The molecule has 0 unspecified atom stereocenters. The number of esters is 1. The highest BCUT2D eigenvalue weighted by Crippen LogP contribution is 2.39. The zero-order valence-corrected chi connectivity index (χ0v) is 11.3. The molecule has 0 aliphatic carbocycles. The average Bonchev–Trinajstić information content (AvgIpc) is 2.39. The number of halogens is 1. The molecule has 0 bridgehead atoms. The normalized spacial score (nSPS) is 17.8. The third-order valence-corrected chi connectivity index (χ3v) is 3.66. The third-order valence-electron chi connectivity index (χ3n) is 3.41. The molecule has 1 aliphatic rings. The molecular weight excluding hydrogens is 260 g/mol. The zero-order chi connectivity index (χ0) is 13.4. The Kier molecular flexibility index (Phi) is 3.03. The monoisotopic (exact) mass is 272 g/mol. The molecule has 0 saturated heterocycles. The second kappa shape index (κ2) is 4.71. The van der Waals surface area contributed by atoms with Crippen molar-refractivity contribution in [2.24, 2.45) is 0 Å². The first-order chi connectivity index (χ1) is 9.13. The van der Waals surface area contributed by atoms with E-state index in [9.17, 15) is 4.79 Å². The molecule has 96 valence electrons. The lowest BCUT2D eigenvalue weighted by Crippen LogP contribution is -2.21. The van der Waals surface area contributed by atoms with Crippen molar-refractivity contribution in [2.45, 2.75) is 19.3 Å². The lowest BCUT2D eigenvalue weighted by atomic mass is 9.86. The average molecular weight is 273 g/mol. The molecule has 0 saturated carbocycles. The quantitative estimate of drug-likeness (QED) is 0.577. The number of carbonyl (C=O) groups is 1. The van der Waals surface area contributed by atoms with Crippen molar-refractivity contribution in [3.05, 3.63) is 64.2 Å². The number of hydrogen-bond donors (Lipinski definition) is 0. The fourth-order valence-corrected chi connectivity index (χ4v) is 2.59. The van der Waals surface area contributed by atoms with Gasteiger partial charge in [-0.1, -0.05) is 41.4 Å². The van der Waals surface area contributed by atoms with E-state index in [4.69, 9.17) is 16.3 Å². The summed E-state index contributed by atoms with van der Waals surface area (Å²) >= 11 is 5.91. The Morgan fingerprint density at radius 3 is 2.63 bits per heavy atom. The SMILES string of the molecule is Cc1ccc2c(c1)[C@H](c1ccc(Cl)cc1)CC(=O)O2. The summed E-state index contributed by atoms with van der Waals surface area (Å²) in [6.07, 6.45) is 0.373. The minimum Gasteiger partial charge on any atom is -0.426 e. The number of rotatable bonds is 1. The highest BCUT2D eigenvalue weighted by Gasteiger charge is 2.28. The second-order valence-electron chi connectivity index (χ2n) is 4.82. The molecule has 0 spiro atoms. The van der Waals surface area contributed by atoms with Crippen LogP contribution in [0.1, 0.15) is 29.0 Å². The van der Waals surface area contributed by atoms with Gasteiger partial charge in [0.2, 0.25) is 0 Å². The molecule has 1 atom stereocenters. The predicted octanol–water partition coefficient (Wildman–Crippen LogP) is 4.09. The van der Waals surface area contributed by atoms with Gasteiger partial charge in [-0.3, -0.25) is 4.79 Å². The van der Waals surface area contributed by atoms with Gasteiger partial charge in [0, 0.05) is 16.5 Å². The molecule has 0 amide bonds. The van der Waals surface area contributed by atoms with Gasteiger partial charge in [-0.05, 0) is 30.7 Å². The van der Waals surface area contributed by atoms with Crippen molar-refractivity contribution in [1.29, 1.82) is 0 Å². The minimum atomic E-state index is -0.184. The van der Waals surface area contributed by atoms with Crippen molar-refractivity contribution in [2.75, 3.05) is 0 Å². The van der Waals surface area contributed by atoms with E-state index in [0.29, 0.717) is 17.2 Å². The molecule has 2 aromatic rings. The van der Waals surface area contributed by atoms with Crippen LogP contribution in [0.2, 0.25) is 5.02 Å². The van der Waals surface area contributed by atoms with Gasteiger partial charge in [-0.15, -0.1) is 0 Å². The predicted molar refractivity (Wildman–Crippen MR) is 74.7 cm³/mol. The standard InChI is InChI=1S/C16H13ClO2/c1-10-2-7-15-14(8-10)13(9-16(18)19-15)11-3-5-12(17)6-4-11/h2-8,13H,9H2,1H3/t13-/m0/s1. The van der Waals surface area contributed by atoms with E-state index in [1.54, 1.807) is 0 Å². The summed E-state index contributed by atoms with van der Waals surface area (Å²) in [5, 5.41) is 0.701. The van der Waals surface area contributed by atoms with Crippen LogP contribution in [0.5, 0.6) is 5.75 Å². The largest absolute Gasteiger partial charge is 0.426 e. The molecule has 19 heavy (non-hydrogen) atoms. The smallest absolute Gasteiger partial charge is 0.312 e. The van der Waals surface area contributed by atoms with E-state index in [1.807, 2.05) is 43.3 Å². The van der Waals surface area contributed by atoms with Crippen molar-refractivity contribution < 1.29 is 9.53 Å². The van der Waals surface area contributed by atoms with Gasteiger partial charge in [0.15, 0.2) is 0 Å². The lowest BCUT2D eigenvalue weighted by molar-refractivity contribution is -0.135. The molecule has 2 nitrogen and oxygen atoms in total. The summed E-state index contributed by atoms with van der Waals surface area (Å²) in [6.45, 7) is 2.04. The summed E-state index contributed by atoms with van der Waals surface area (Å²) in [4.78, 5) is 11.7. The summed E-state index contributed by atoms with van der Waals surface area (Å²) in [7, 11) is 0. The number of aryl methyl sites for hydroxylation is 1. The highest BCUT2D eigenvalue weighted by atomic mass is 35.5. The first-order valence-corrected chi connectivity index (χ1v) is 6.58. The van der Waals surface area contributed by atoms with E-state index < -0.39 is 0 Å². The Morgan fingerprint density at radius 1 is 1.16 bits per heavy atom. The molecule has 0 radical (unpaired) electrons. The Labute approximate surface area is 117 Å². The maximum atomic E-state index is 11.7. The second-order valence-corrected chi connectivity index (χ2v) is 5.26. The Hall–Kier alpha value is -1.80. The third kappa shape index (κ3) is 2.36. The van der Waals surface area contributed by atoms with Gasteiger partial charge in [0.1, 0.15) is 5.75 Å². The van der Waals surface area contributed by atoms with Crippen LogP contribution in [-0.2, 0) is 4.79 Å². The molecule has 3 rings (SSSR count). The van der Waals surface area contributed by atoms with Crippen LogP contribution in [0.25, 0.3) is 0 Å². The van der Waals surface area contributed by atoms with Crippen LogP contribution in [0, 0.1) is 6.92 Å². The van der Waals surface area contributed by atoms with Gasteiger partial charge in [-0.2, -0.15) is 0 Å². The fraction of sp³-hybridized carbons (Fsp3) is 0.188.